The number of methoxy groups -OCH3 is 1. The van der Waals surface area contributed by atoms with Crippen LogP contribution in [0, 0.1) is 17.1 Å². The number of anilines is 2. The number of likely N-dealkylation sites (N-methyl/N-ethyl adjacent to an activating group) is 1. The van der Waals surface area contributed by atoms with Gasteiger partial charge in [-0.1, -0.05) is 18.2 Å². The molecule has 0 saturated carbocycles. The first-order valence-corrected chi connectivity index (χ1v) is 9.11. The van der Waals surface area contributed by atoms with E-state index in [9.17, 15) is 14.0 Å². The van der Waals surface area contributed by atoms with E-state index in [1.807, 2.05) is 6.07 Å². The maximum absolute atomic E-state index is 13.2. The molecule has 7 nitrogen and oxygen atoms in total. The second-order valence-electron chi connectivity index (χ2n) is 6.49. The van der Waals surface area contributed by atoms with E-state index in [0.717, 1.165) is 0 Å². The fourth-order valence-corrected chi connectivity index (χ4v) is 2.86. The minimum Gasteiger partial charge on any atom is -0.495 e. The van der Waals surface area contributed by atoms with Crippen LogP contribution < -0.4 is 19.9 Å². The van der Waals surface area contributed by atoms with Gasteiger partial charge in [0.15, 0.2) is 13.1 Å². The van der Waals surface area contributed by atoms with Crippen LogP contribution in [0.25, 0.3) is 0 Å². The summed E-state index contributed by atoms with van der Waals surface area (Å²) in [5.41, 5.74) is 0.936. The third-order valence-electron chi connectivity index (χ3n) is 4.15. The summed E-state index contributed by atoms with van der Waals surface area (Å²) in [7, 11) is 3.23. The van der Waals surface area contributed by atoms with Gasteiger partial charge in [-0.15, -0.1) is 0 Å². The van der Waals surface area contributed by atoms with Gasteiger partial charge >= 0.3 is 0 Å². The molecule has 1 unspecified atom stereocenters. The topological polar surface area (TPSA) is 86.9 Å². The third kappa shape index (κ3) is 6.59. The van der Waals surface area contributed by atoms with E-state index in [4.69, 9.17) is 10.00 Å². The van der Waals surface area contributed by atoms with Gasteiger partial charge in [0.25, 0.3) is 11.8 Å². The lowest BCUT2D eigenvalue weighted by atomic mass is 10.2. The van der Waals surface area contributed by atoms with Gasteiger partial charge in [-0.2, -0.15) is 5.26 Å². The first-order valence-electron chi connectivity index (χ1n) is 9.11. The molecule has 2 rings (SSSR count). The van der Waals surface area contributed by atoms with Crippen LogP contribution in [-0.2, 0) is 9.59 Å². The van der Waals surface area contributed by atoms with E-state index in [0.29, 0.717) is 22.0 Å². The van der Waals surface area contributed by atoms with Crippen molar-refractivity contribution >= 4 is 23.2 Å². The molecule has 0 radical (unpaired) electrons. The van der Waals surface area contributed by atoms with Gasteiger partial charge in [-0.05, 0) is 30.3 Å². The van der Waals surface area contributed by atoms with Gasteiger partial charge in [0.1, 0.15) is 11.6 Å². The fourth-order valence-electron chi connectivity index (χ4n) is 2.86. The smallest absolute Gasteiger partial charge is 0.282 e. The molecular formula is C21H24FN4O3+. The molecule has 8 heteroatoms. The number of quaternary nitrogens is 1. The molecule has 0 spiro atoms. The van der Waals surface area contributed by atoms with Crippen molar-refractivity contribution in [3.63, 3.8) is 0 Å². The average Bonchev–Trinajstić information content (AvgIpc) is 2.68. The lowest BCUT2D eigenvalue weighted by Gasteiger charge is -2.24. The molecule has 0 aliphatic carbocycles. The summed E-state index contributed by atoms with van der Waals surface area (Å²) in [4.78, 5) is 27.2. The number of para-hydroxylation sites is 2. The van der Waals surface area contributed by atoms with Crippen LogP contribution in [0.5, 0.6) is 5.75 Å². The van der Waals surface area contributed by atoms with Crippen molar-refractivity contribution in [2.45, 2.75) is 6.42 Å². The van der Waals surface area contributed by atoms with Crippen molar-refractivity contribution in [3.05, 3.63) is 54.3 Å². The van der Waals surface area contributed by atoms with Crippen LogP contribution >= 0.6 is 0 Å². The van der Waals surface area contributed by atoms with Crippen molar-refractivity contribution in [2.24, 2.45) is 0 Å². The van der Waals surface area contributed by atoms with Crippen LogP contribution in [-0.4, -0.2) is 45.6 Å². The highest BCUT2D eigenvalue weighted by atomic mass is 19.1. The van der Waals surface area contributed by atoms with Crippen molar-refractivity contribution in [1.82, 2.24) is 0 Å². The number of amides is 2. The lowest BCUT2D eigenvalue weighted by Crippen LogP contribution is -3.11. The predicted molar refractivity (Wildman–Crippen MR) is 107 cm³/mol. The number of nitriles is 1. The van der Waals surface area contributed by atoms with Crippen LogP contribution in [0.3, 0.4) is 0 Å². The molecule has 2 N–H and O–H groups in total. The Hall–Kier alpha value is -3.44. The number of ether oxygens (including phenoxy) is 1. The fraction of sp³-hybridized carbons (Fsp3) is 0.286. The van der Waals surface area contributed by atoms with Crippen LogP contribution in [0.2, 0.25) is 0 Å². The monoisotopic (exact) mass is 399 g/mol. The molecule has 0 aromatic heterocycles. The molecule has 0 heterocycles. The molecule has 2 amide bonds. The number of hydrogen-bond donors (Lipinski definition) is 2. The summed E-state index contributed by atoms with van der Waals surface area (Å²) < 4.78 is 18.5. The first kappa shape index (κ1) is 21.9. The molecule has 0 saturated heterocycles. The molecule has 1 atom stereocenters. The SMILES string of the molecule is COc1ccccc1N(CCC#N)C(=O)C[NH+](C)CC(=O)Nc1cccc(F)c1. The molecule has 2 aromatic rings. The molecule has 0 aliphatic heterocycles. The molecule has 2 aromatic carbocycles. The largest absolute Gasteiger partial charge is 0.495 e. The molecular weight excluding hydrogens is 375 g/mol. The summed E-state index contributed by atoms with van der Waals surface area (Å²) in [5, 5.41) is 11.5. The highest BCUT2D eigenvalue weighted by Crippen LogP contribution is 2.27. The van der Waals surface area contributed by atoms with Crippen molar-refractivity contribution in [2.75, 3.05) is 44.0 Å². The lowest BCUT2D eigenvalue weighted by molar-refractivity contribution is -0.862. The summed E-state index contributed by atoms with van der Waals surface area (Å²) in [6.07, 6.45) is 0.170. The molecule has 152 valence electrons. The van der Waals surface area contributed by atoms with Crippen molar-refractivity contribution in [1.29, 1.82) is 5.26 Å². The van der Waals surface area contributed by atoms with E-state index in [1.54, 1.807) is 37.4 Å². The van der Waals surface area contributed by atoms with E-state index < -0.39 is 5.82 Å². The Bertz CT molecular complexity index is 897. The van der Waals surface area contributed by atoms with Crippen molar-refractivity contribution < 1.29 is 23.6 Å². The van der Waals surface area contributed by atoms with Gasteiger partial charge in [-0.25, -0.2) is 4.39 Å². The normalized spacial score (nSPS) is 11.2. The van der Waals surface area contributed by atoms with Crippen LogP contribution in [0.15, 0.2) is 48.5 Å². The maximum Gasteiger partial charge on any atom is 0.282 e. The maximum atomic E-state index is 13.2. The highest BCUT2D eigenvalue weighted by molar-refractivity contribution is 5.96. The number of nitrogens with one attached hydrogen (secondary N) is 2. The number of halogens is 1. The number of rotatable bonds is 9. The predicted octanol–water partition coefficient (Wildman–Crippen LogP) is 1.23. The van der Waals surface area contributed by atoms with Crippen molar-refractivity contribution in [3.8, 4) is 11.8 Å². The van der Waals surface area contributed by atoms with E-state index >= 15 is 0 Å². The van der Waals surface area contributed by atoms with E-state index in [2.05, 4.69) is 5.32 Å². The Morgan fingerprint density at radius 2 is 1.97 bits per heavy atom. The summed E-state index contributed by atoms with van der Waals surface area (Å²) >= 11 is 0. The molecule has 0 aliphatic rings. The van der Waals surface area contributed by atoms with Crippen LogP contribution in [0.4, 0.5) is 15.8 Å². The Balaban J connectivity index is 2.02. The third-order valence-corrected chi connectivity index (χ3v) is 4.15. The second-order valence-corrected chi connectivity index (χ2v) is 6.49. The van der Waals surface area contributed by atoms with Gasteiger partial charge in [0.05, 0.1) is 32.3 Å². The Morgan fingerprint density at radius 3 is 2.66 bits per heavy atom. The quantitative estimate of drug-likeness (QED) is 0.664. The minimum absolute atomic E-state index is 0.0280. The molecule has 29 heavy (non-hydrogen) atoms. The second kappa shape index (κ2) is 10.8. The van der Waals surface area contributed by atoms with Gasteiger partial charge in [0.2, 0.25) is 0 Å². The Morgan fingerprint density at radius 1 is 1.21 bits per heavy atom. The average molecular weight is 399 g/mol. The zero-order chi connectivity index (χ0) is 21.2. The van der Waals surface area contributed by atoms with Crippen LogP contribution in [0.1, 0.15) is 6.42 Å². The number of hydrogen-bond acceptors (Lipinski definition) is 4. The highest BCUT2D eigenvalue weighted by Gasteiger charge is 2.23. The molecule has 0 bridgehead atoms. The standard InChI is InChI=1S/C21H23FN4O3/c1-25(14-20(27)24-17-8-5-7-16(22)13-17)15-21(28)26(12-6-11-23)18-9-3-4-10-19(18)29-2/h3-5,7-10,13H,6,12,14-15H2,1-2H3,(H,24,27)/p+1. The molecule has 0 fully saturated rings. The zero-order valence-electron chi connectivity index (χ0n) is 16.4. The number of carbonyl (C=O) groups is 2. The van der Waals surface area contributed by atoms with Gasteiger partial charge in [-0.3, -0.25) is 9.59 Å². The van der Waals surface area contributed by atoms with Gasteiger partial charge < -0.3 is 19.9 Å². The summed E-state index contributed by atoms with van der Waals surface area (Å²) in [6.45, 7) is 0.290. The summed E-state index contributed by atoms with van der Waals surface area (Å²) in [6, 6.07) is 14.7. The number of benzene rings is 2. The number of carbonyl (C=O) groups excluding carboxylic acids is 2. The number of nitrogens with zero attached hydrogens (tertiary/aromatic N) is 2. The minimum atomic E-state index is -0.441. The summed E-state index contributed by atoms with van der Waals surface area (Å²) in [5.74, 6) is -0.480. The first-order chi connectivity index (χ1) is 13.9. The Kier molecular flexibility index (Phi) is 8.12. The zero-order valence-corrected chi connectivity index (χ0v) is 16.4. The Labute approximate surface area is 169 Å². The van der Waals surface area contributed by atoms with Gasteiger partial charge in [0, 0.05) is 12.2 Å². The van der Waals surface area contributed by atoms with E-state index in [-0.39, 0.29) is 37.9 Å². The van der Waals surface area contributed by atoms with E-state index in [1.165, 1.54) is 30.2 Å².